The summed E-state index contributed by atoms with van der Waals surface area (Å²) in [6, 6.07) is 10.4. The van der Waals surface area contributed by atoms with Crippen LogP contribution in [0.5, 0.6) is 0 Å². The van der Waals surface area contributed by atoms with E-state index in [1.807, 2.05) is 18.2 Å². The summed E-state index contributed by atoms with van der Waals surface area (Å²) < 4.78 is 10.3. The van der Waals surface area contributed by atoms with Crippen LogP contribution in [0, 0.1) is 0 Å². The summed E-state index contributed by atoms with van der Waals surface area (Å²) in [6.45, 7) is 1.34. The van der Waals surface area contributed by atoms with Gasteiger partial charge >= 0.3 is 11.6 Å². The number of allylic oxidation sites excluding steroid dienone is 1. The number of hydrogen-bond acceptors (Lipinski definition) is 7. The summed E-state index contributed by atoms with van der Waals surface area (Å²) in [5.74, 6) is -0.847. The zero-order valence-corrected chi connectivity index (χ0v) is 15.3. The summed E-state index contributed by atoms with van der Waals surface area (Å²) in [6.07, 6.45) is 2.58. The average Bonchev–Trinajstić information content (AvgIpc) is 2.68. The van der Waals surface area contributed by atoms with Gasteiger partial charge in [0.15, 0.2) is 5.78 Å². The van der Waals surface area contributed by atoms with Crippen molar-refractivity contribution in [2.24, 2.45) is 4.99 Å². The average molecular weight is 381 g/mol. The molecule has 1 aliphatic carbocycles. The van der Waals surface area contributed by atoms with Crippen molar-refractivity contribution in [1.29, 1.82) is 0 Å². The van der Waals surface area contributed by atoms with Crippen LogP contribution in [0.15, 0.2) is 61.9 Å². The third-order valence-electron chi connectivity index (χ3n) is 4.27. The van der Waals surface area contributed by atoms with Crippen LogP contribution >= 0.6 is 0 Å². The Morgan fingerprint density at radius 2 is 2.00 bits per heavy atom. The van der Waals surface area contributed by atoms with E-state index in [-0.39, 0.29) is 29.4 Å². The molecule has 1 heterocycles. The molecule has 3 rings (SSSR count). The molecule has 0 saturated carbocycles. The van der Waals surface area contributed by atoms with Crippen molar-refractivity contribution >= 4 is 23.7 Å². The smallest absolute Gasteiger partial charge is 0.362 e. The lowest BCUT2D eigenvalue weighted by Gasteiger charge is -2.12. The number of rotatable bonds is 5. The van der Waals surface area contributed by atoms with Crippen molar-refractivity contribution in [3.63, 3.8) is 0 Å². The molecule has 2 aromatic rings. The molecule has 0 spiro atoms. The molecular weight excluding hydrogens is 362 g/mol. The van der Waals surface area contributed by atoms with E-state index in [1.165, 1.54) is 13.0 Å². The van der Waals surface area contributed by atoms with Gasteiger partial charge in [0, 0.05) is 19.1 Å². The van der Waals surface area contributed by atoms with Crippen molar-refractivity contribution < 1.29 is 23.8 Å². The maximum absolute atomic E-state index is 12.3. The van der Waals surface area contributed by atoms with Crippen molar-refractivity contribution in [3.8, 4) is 0 Å². The first-order valence-corrected chi connectivity index (χ1v) is 8.81. The van der Waals surface area contributed by atoms with Gasteiger partial charge in [0.2, 0.25) is 0 Å². The fourth-order valence-electron chi connectivity index (χ4n) is 2.78. The lowest BCUT2D eigenvalue weighted by molar-refractivity contribution is -0.139. The van der Waals surface area contributed by atoms with E-state index >= 15 is 0 Å². The van der Waals surface area contributed by atoms with Crippen molar-refractivity contribution in [2.75, 3.05) is 0 Å². The summed E-state index contributed by atoms with van der Waals surface area (Å²) >= 11 is 0. The Labute approximate surface area is 161 Å². The Hall–Kier alpha value is -3.48. The monoisotopic (exact) mass is 381 g/mol. The second kappa shape index (κ2) is 8.47. The molecule has 144 valence electrons. The van der Waals surface area contributed by atoms with Crippen LogP contribution in [-0.4, -0.2) is 23.1 Å². The number of hydrogen-bond donors (Lipinski definition) is 1. The first-order chi connectivity index (χ1) is 13.5. The quantitative estimate of drug-likeness (QED) is 0.368. The topological polar surface area (TPSA) is 106 Å². The molecule has 1 aliphatic rings. The number of ether oxygens (including phenoxy) is 1. The number of benzene rings is 1. The van der Waals surface area contributed by atoms with Crippen molar-refractivity contribution in [1.82, 2.24) is 0 Å². The fraction of sp³-hybridized carbons (Fsp3) is 0.238. The number of aryl methyl sites for hydroxylation is 1. The molecule has 0 unspecified atom stereocenters. The van der Waals surface area contributed by atoms with Gasteiger partial charge in [-0.15, -0.1) is 0 Å². The van der Waals surface area contributed by atoms with E-state index in [0.717, 1.165) is 11.8 Å². The van der Waals surface area contributed by atoms with E-state index in [1.54, 1.807) is 12.1 Å². The van der Waals surface area contributed by atoms with Gasteiger partial charge in [-0.25, -0.2) is 14.6 Å². The van der Waals surface area contributed by atoms with Crippen LogP contribution in [0.1, 0.15) is 41.4 Å². The number of ketones is 1. The third-order valence-corrected chi connectivity index (χ3v) is 4.27. The number of fused-ring (bicyclic) bond motifs is 1. The standard InChI is InChI=1S/C21H19NO6/c1-13(23)16(20(25)27-12-14-6-3-2-4-7-14)11-22-17-10-15-18(24)8-5-9-19(15)28-21(17)26/h2-4,6-7,10-11,23H,5,8-9,12H2,1H3/b16-13+,22-11?. The predicted molar refractivity (Wildman–Crippen MR) is 102 cm³/mol. The highest BCUT2D eigenvalue weighted by atomic mass is 16.5. The summed E-state index contributed by atoms with van der Waals surface area (Å²) in [4.78, 5) is 40.3. The second-order valence-corrected chi connectivity index (χ2v) is 6.35. The van der Waals surface area contributed by atoms with E-state index in [9.17, 15) is 19.5 Å². The van der Waals surface area contributed by atoms with Crippen molar-refractivity contribution in [3.05, 3.63) is 75.0 Å². The molecule has 0 bridgehead atoms. The second-order valence-electron chi connectivity index (χ2n) is 6.35. The van der Waals surface area contributed by atoms with Gasteiger partial charge in [-0.3, -0.25) is 4.79 Å². The Balaban J connectivity index is 1.79. The van der Waals surface area contributed by atoms with Crippen LogP contribution < -0.4 is 5.63 Å². The largest absolute Gasteiger partial charge is 0.512 e. The number of carbonyl (C=O) groups is 2. The molecule has 7 heteroatoms. The molecule has 28 heavy (non-hydrogen) atoms. The van der Waals surface area contributed by atoms with E-state index in [2.05, 4.69) is 4.99 Å². The van der Waals surface area contributed by atoms with E-state index in [4.69, 9.17) is 9.15 Å². The van der Waals surface area contributed by atoms with Gasteiger partial charge < -0.3 is 14.3 Å². The maximum atomic E-state index is 12.3. The van der Waals surface area contributed by atoms with Gasteiger partial charge in [-0.1, -0.05) is 30.3 Å². The molecule has 1 aromatic carbocycles. The number of nitrogens with zero attached hydrogens (tertiary/aromatic N) is 1. The van der Waals surface area contributed by atoms with E-state index < -0.39 is 11.6 Å². The fourth-order valence-corrected chi connectivity index (χ4v) is 2.78. The first-order valence-electron chi connectivity index (χ1n) is 8.81. The predicted octanol–water partition coefficient (Wildman–Crippen LogP) is 3.44. The van der Waals surface area contributed by atoms with Crippen LogP contribution in [-0.2, 0) is 22.6 Å². The maximum Gasteiger partial charge on any atom is 0.362 e. The highest BCUT2D eigenvalue weighted by molar-refractivity contribution is 6.10. The lowest BCUT2D eigenvalue weighted by atomic mass is 9.96. The van der Waals surface area contributed by atoms with Gasteiger partial charge in [0.05, 0.1) is 5.56 Å². The molecule has 0 fully saturated rings. The summed E-state index contributed by atoms with van der Waals surface area (Å²) in [7, 11) is 0. The van der Waals surface area contributed by atoms with Gasteiger partial charge in [0.25, 0.3) is 0 Å². The van der Waals surface area contributed by atoms with E-state index in [0.29, 0.717) is 30.6 Å². The Bertz CT molecular complexity index is 1010. The SMILES string of the molecule is C/C(O)=C(/C=Nc1cc2c(oc1=O)CCCC2=O)C(=O)OCc1ccccc1. The lowest BCUT2D eigenvalue weighted by Crippen LogP contribution is -2.15. The minimum atomic E-state index is -0.786. The molecule has 1 N–H and O–H groups in total. The molecular formula is C21H19NO6. The van der Waals surface area contributed by atoms with Gasteiger partial charge in [0.1, 0.15) is 29.4 Å². The Morgan fingerprint density at radius 1 is 1.25 bits per heavy atom. The zero-order valence-electron chi connectivity index (χ0n) is 15.3. The van der Waals surface area contributed by atoms with Gasteiger partial charge in [-0.05, 0) is 25.0 Å². The Morgan fingerprint density at radius 3 is 2.71 bits per heavy atom. The minimum absolute atomic E-state index is 0.0276. The summed E-state index contributed by atoms with van der Waals surface area (Å²) in [5.41, 5.74) is 0.0905. The molecule has 0 saturated heterocycles. The Kier molecular flexibility index (Phi) is 5.84. The highest BCUT2D eigenvalue weighted by Gasteiger charge is 2.21. The number of Topliss-reactive ketones (excluding diaryl/α,β-unsaturated/α-hetero) is 1. The number of carbonyl (C=O) groups excluding carboxylic acids is 2. The number of aliphatic hydroxyl groups excluding tert-OH is 1. The number of aliphatic imine (C=N–C) groups is 1. The zero-order chi connectivity index (χ0) is 20.1. The van der Waals surface area contributed by atoms with Crippen LogP contribution in [0.25, 0.3) is 0 Å². The normalized spacial score (nSPS) is 14.5. The van der Waals surface area contributed by atoms with Crippen LogP contribution in [0.4, 0.5) is 5.69 Å². The minimum Gasteiger partial charge on any atom is -0.512 e. The molecule has 0 atom stereocenters. The third kappa shape index (κ3) is 4.43. The molecule has 7 nitrogen and oxygen atoms in total. The van der Waals surface area contributed by atoms with Crippen LogP contribution in [0.2, 0.25) is 0 Å². The summed E-state index contributed by atoms with van der Waals surface area (Å²) in [5, 5.41) is 9.79. The number of aliphatic hydroxyl groups is 1. The highest BCUT2D eigenvalue weighted by Crippen LogP contribution is 2.23. The molecule has 1 aromatic heterocycles. The number of esters is 1. The van der Waals surface area contributed by atoms with Crippen LogP contribution in [0.3, 0.4) is 0 Å². The van der Waals surface area contributed by atoms with Crippen molar-refractivity contribution in [2.45, 2.75) is 32.8 Å². The first kappa shape index (κ1) is 19.3. The van der Waals surface area contributed by atoms with Gasteiger partial charge in [-0.2, -0.15) is 0 Å². The molecule has 0 radical (unpaired) electrons. The molecule has 0 amide bonds. The molecule has 0 aliphatic heterocycles.